The largest absolute Gasteiger partial charge is 0.326 e. The Morgan fingerprint density at radius 1 is 1.26 bits per heavy atom. The van der Waals surface area contributed by atoms with Gasteiger partial charge in [-0.3, -0.25) is 4.79 Å². The molecule has 100 valence electrons. The van der Waals surface area contributed by atoms with Crippen LogP contribution in [0.4, 0.5) is 5.69 Å². The van der Waals surface area contributed by atoms with Crippen LogP contribution >= 0.6 is 23.1 Å². The highest BCUT2D eigenvalue weighted by Gasteiger charge is 2.10. The van der Waals surface area contributed by atoms with Crippen LogP contribution in [0.3, 0.4) is 0 Å². The zero-order valence-electron chi connectivity index (χ0n) is 10.8. The van der Waals surface area contributed by atoms with Crippen LogP contribution in [-0.4, -0.2) is 11.2 Å². The SMILES string of the molecule is CC(CC(=O)Nc1ccccc1)SCc1cccs1. The molecular formula is C15H17NOS2. The summed E-state index contributed by atoms with van der Waals surface area (Å²) in [5.74, 6) is 1.06. The Bertz CT molecular complexity index is 496. The number of benzene rings is 1. The van der Waals surface area contributed by atoms with Crippen LogP contribution < -0.4 is 5.32 Å². The van der Waals surface area contributed by atoms with Crippen molar-refractivity contribution in [3.63, 3.8) is 0 Å². The van der Waals surface area contributed by atoms with Crippen LogP contribution in [0.2, 0.25) is 0 Å². The number of carbonyl (C=O) groups is 1. The van der Waals surface area contributed by atoms with Crippen molar-refractivity contribution in [3.05, 3.63) is 52.7 Å². The van der Waals surface area contributed by atoms with Gasteiger partial charge in [0.05, 0.1) is 0 Å². The third-order valence-corrected chi connectivity index (χ3v) is 4.89. The number of hydrogen-bond acceptors (Lipinski definition) is 3. The number of carbonyl (C=O) groups excluding carboxylic acids is 1. The average Bonchev–Trinajstić information content (AvgIpc) is 2.90. The van der Waals surface area contributed by atoms with Crippen molar-refractivity contribution in [1.29, 1.82) is 0 Å². The highest BCUT2D eigenvalue weighted by molar-refractivity contribution is 7.99. The number of para-hydroxylation sites is 1. The second-order valence-electron chi connectivity index (χ2n) is 4.32. The van der Waals surface area contributed by atoms with E-state index in [9.17, 15) is 4.79 Å². The topological polar surface area (TPSA) is 29.1 Å². The van der Waals surface area contributed by atoms with Crippen LogP contribution in [0.1, 0.15) is 18.2 Å². The van der Waals surface area contributed by atoms with E-state index in [1.54, 1.807) is 11.3 Å². The molecule has 0 radical (unpaired) electrons. The van der Waals surface area contributed by atoms with Gasteiger partial charge in [-0.25, -0.2) is 0 Å². The van der Waals surface area contributed by atoms with Gasteiger partial charge in [0.1, 0.15) is 0 Å². The van der Waals surface area contributed by atoms with Crippen LogP contribution in [0.25, 0.3) is 0 Å². The molecule has 2 nitrogen and oxygen atoms in total. The molecule has 0 aliphatic rings. The standard InChI is InChI=1S/C15H17NOS2/c1-12(19-11-14-8-5-9-18-14)10-15(17)16-13-6-3-2-4-7-13/h2-9,12H,10-11H2,1H3,(H,16,17). The van der Waals surface area contributed by atoms with E-state index < -0.39 is 0 Å². The minimum Gasteiger partial charge on any atom is -0.326 e. The maximum atomic E-state index is 11.9. The van der Waals surface area contributed by atoms with Crippen molar-refractivity contribution in [3.8, 4) is 0 Å². The highest BCUT2D eigenvalue weighted by Crippen LogP contribution is 2.23. The van der Waals surface area contributed by atoms with E-state index in [4.69, 9.17) is 0 Å². The fourth-order valence-corrected chi connectivity index (χ4v) is 3.45. The quantitative estimate of drug-likeness (QED) is 0.854. The Morgan fingerprint density at radius 2 is 2.05 bits per heavy atom. The Hall–Kier alpha value is -1.26. The molecule has 1 unspecified atom stereocenters. The first-order valence-corrected chi connectivity index (χ1v) is 8.16. The third kappa shape index (κ3) is 5.09. The number of hydrogen-bond donors (Lipinski definition) is 1. The molecule has 2 aromatic rings. The number of nitrogens with one attached hydrogen (secondary N) is 1. The number of anilines is 1. The minimum atomic E-state index is 0.0809. The first-order valence-electron chi connectivity index (χ1n) is 6.23. The van der Waals surface area contributed by atoms with Crippen molar-refractivity contribution >= 4 is 34.7 Å². The fourth-order valence-electron chi connectivity index (χ4n) is 1.67. The Kier molecular flexibility index (Phi) is 5.48. The second kappa shape index (κ2) is 7.36. The molecule has 1 aromatic carbocycles. The lowest BCUT2D eigenvalue weighted by molar-refractivity contribution is -0.116. The van der Waals surface area contributed by atoms with E-state index in [-0.39, 0.29) is 5.91 Å². The van der Waals surface area contributed by atoms with Crippen molar-refractivity contribution in [2.45, 2.75) is 24.3 Å². The van der Waals surface area contributed by atoms with Gasteiger partial charge in [0.15, 0.2) is 0 Å². The maximum absolute atomic E-state index is 11.9. The molecule has 0 spiro atoms. The van der Waals surface area contributed by atoms with E-state index in [0.29, 0.717) is 11.7 Å². The molecule has 0 aliphatic carbocycles. The van der Waals surface area contributed by atoms with Gasteiger partial charge in [0.2, 0.25) is 5.91 Å². The van der Waals surface area contributed by atoms with Crippen molar-refractivity contribution in [2.24, 2.45) is 0 Å². The smallest absolute Gasteiger partial charge is 0.225 e. The predicted molar refractivity (Wildman–Crippen MR) is 84.8 cm³/mol. The normalized spacial score (nSPS) is 12.1. The highest BCUT2D eigenvalue weighted by atomic mass is 32.2. The molecule has 1 aromatic heterocycles. The van der Waals surface area contributed by atoms with Gasteiger partial charge < -0.3 is 5.32 Å². The Balaban J connectivity index is 1.72. The summed E-state index contributed by atoms with van der Waals surface area (Å²) >= 11 is 3.59. The molecule has 1 amide bonds. The number of rotatable bonds is 6. The molecule has 1 heterocycles. The lowest BCUT2D eigenvalue weighted by Crippen LogP contribution is -2.16. The van der Waals surface area contributed by atoms with Crippen molar-refractivity contribution in [2.75, 3.05) is 5.32 Å². The summed E-state index contributed by atoms with van der Waals surface area (Å²) in [6.07, 6.45) is 0.547. The molecule has 2 rings (SSSR count). The van der Waals surface area contributed by atoms with E-state index in [1.165, 1.54) is 4.88 Å². The van der Waals surface area contributed by atoms with Crippen molar-refractivity contribution < 1.29 is 4.79 Å². The summed E-state index contributed by atoms with van der Waals surface area (Å²) < 4.78 is 0. The van der Waals surface area contributed by atoms with Gasteiger partial charge in [-0.15, -0.1) is 11.3 Å². The van der Waals surface area contributed by atoms with Gasteiger partial charge in [-0.2, -0.15) is 11.8 Å². The fraction of sp³-hybridized carbons (Fsp3) is 0.267. The van der Waals surface area contributed by atoms with Crippen LogP contribution in [0.15, 0.2) is 47.8 Å². The number of thiophene rings is 1. The third-order valence-electron chi connectivity index (χ3n) is 2.62. The summed E-state index contributed by atoms with van der Waals surface area (Å²) in [6.45, 7) is 2.10. The van der Waals surface area contributed by atoms with Gasteiger partial charge >= 0.3 is 0 Å². The second-order valence-corrected chi connectivity index (χ2v) is 6.78. The molecule has 0 fully saturated rings. The molecule has 0 saturated carbocycles. The molecule has 1 N–H and O–H groups in total. The minimum absolute atomic E-state index is 0.0809. The predicted octanol–water partition coefficient (Wildman–Crippen LogP) is 4.40. The van der Waals surface area contributed by atoms with E-state index in [2.05, 4.69) is 29.8 Å². The molecule has 1 atom stereocenters. The lowest BCUT2D eigenvalue weighted by atomic mass is 10.3. The Labute approximate surface area is 122 Å². The van der Waals surface area contributed by atoms with Gasteiger partial charge in [0, 0.05) is 28.0 Å². The first-order chi connectivity index (χ1) is 9.24. The van der Waals surface area contributed by atoms with Crippen LogP contribution in [0, 0.1) is 0 Å². The van der Waals surface area contributed by atoms with Crippen LogP contribution in [-0.2, 0) is 10.5 Å². The zero-order chi connectivity index (χ0) is 13.5. The summed E-state index contributed by atoms with van der Waals surface area (Å²) in [6, 6.07) is 13.8. The van der Waals surface area contributed by atoms with Gasteiger partial charge in [-0.05, 0) is 23.6 Å². The molecule has 4 heteroatoms. The van der Waals surface area contributed by atoms with Crippen LogP contribution in [0.5, 0.6) is 0 Å². The summed E-state index contributed by atoms with van der Waals surface area (Å²) in [5, 5.41) is 5.33. The molecule has 0 bridgehead atoms. The van der Waals surface area contributed by atoms with E-state index in [1.807, 2.05) is 42.1 Å². The number of thioether (sulfide) groups is 1. The summed E-state index contributed by atoms with van der Waals surface area (Å²) in [5.41, 5.74) is 0.864. The molecular weight excluding hydrogens is 274 g/mol. The lowest BCUT2D eigenvalue weighted by Gasteiger charge is -2.10. The van der Waals surface area contributed by atoms with Gasteiger partial charge in [-0.1, -0.05) is 31.2 Å². The average molecular weight is 291 g/mol. The number of amides is 1. The molecule has 19 heavy (non-hydrogen) atoms. The maximum Gasteiger partial charge on any atom is 0.225 e. The van der Waals surface area contributed by atoms with E-state index >= 15 is 0 Å². The van der Waals surface area contributed by atoms with Gasteiger partial charge in [0.25, 0.3) is 0 Å². The Morgan fingerprint density at radius 3 is 2.74 bits per heavy atom. The van der Waals surface area contributed by atoms with Crippen molar-refractivity contribution in [1.82, 2.24) is 0 Å². The molecule has 0 saturated heterocycles. The molecule has 0 aliphatic heterocycles. The van der Waals surface area contributed by atoms with E-state index in [0.717, 1.165) is 11.4 Å². The monoisotopic (exact) mass is 291 g/mol. The summed E-state index contributed by atoms with van der Waals surface area (Å²) in [7, 11) is 0. The summed E-state index contributed by atoms with van der Waals surface area (Å²) in [4.78, 5) is 13.2. The first kappa shape index (κ1) is 14.2. The zero-order valence-corrected chi connectivity index (χ0v) is 12.5.